The van der Waals surface area contributed by atoms with Gasteiger partial charge in [-0.3, -0.25) is 4.79 Å². The predicted octanol–water partition coefficient (Wildman–Crippen LogP) is 2.08. The van der Waals surface area contributed by atoms with Gasteiger partial charge in [0.15, 0.2) is 6.61 Å². The number of aliphatic hydroxyl groups is 2. The Morgan fingerprint density at radius 1 is 1.19 bits per heavy atom. The van der Waals surface area contributed by atoms with E-state index in [1.807, 2.05) is 25.1 Å². The summed E-state index contributed by atoms with van der Waals surface area (Å²) in [6, 6.07) is 9.21. The lowest BCUT2D eigenvalue weighted by Crippen LogP contribution is -2.31. The molecule has 0 spiro atoms. The third-order valence-corrected chi connectivity index (χ3v) is 3.88. The number of halogens is 1. The van der Waals surface area contributed by atoms with Crippen molar-refractivity contribution in [3.63, 3.8) is 0 Å². The molecule has 1 amide bonds. The largest absolute Gasteiger partial charge is 0.496 e. The number of para-hydroxylation sites is 1. The van der Waals surface area contributed by atoms with E-state index in [4.69, 9.17) is 9.47 Å². The van der Waals surface area contributed by atoms with Gasteiger partial charge in [-0.2, -0.15) is 0 Å². The zero-order chi connectivity index (χ0) is 19.1. The summed E-state index contributed by atoms with van der Waals surface area (Å²) < 4.78 is 24.1. The molecule has 0 saturated heterocycles. The van der Waals surface area contributed by atoms with Gasteiger partial charge in [-0.25, -0.2) is 4.39 Å². The molecule has 0 aromatic heterocycles. The number of benzene rings is 2. The average Bonchev–Trinajstić information content (AvgIpc) is 2.65. The van der Waals surface area contributed by atoms with Crippen LogP contribution >= 0.6 is 0 Å². The molecule has 2 rings (SSSR count). The van der Waals surface area contributed by atoms with Crippen molar-refractivity contribution in [2.24, 2.45) is 0 Å². The maximum atomic E-state index is 13.4. The van der Waals surface area contributed by atoms with Crippen LogP contribution in [0.3, 0.4) is 0 Å². The van der Waals surface area contributed by atoms with Gasteiger partial charge >= 0.3 is 0 Å². The van der Waals surface area contributed by atoms with Crippen molar-refractivity contribution in [1.82, 2.24) is 5.32 Å². The van der Waals surface area contributed by atoms with Gasteiger partial charge in [0.1, 0.15) is 17.3 Å². The summed E-state index contributed by atoms with van der Waals surface area (Å²) in [6.45, 7) is 0.524. The number of ether oxygens (including phenoxy) is 2. The van der Waals surface area contributed by atoms with E-state index in [9.17, 15) is 19.4 Å². The normalized spacial score (nSPS) is 11.7. The van der Waals surface area contributed by atoms with E-state index in [0.717, 1.165) is 17.7 Å². The monoisotopic (exact) mass is 363 g/mol. The van der Waals surface area contributed by atoms with Crippen molar-refractivity contribution >= 4 is 5.91 Å². The number of aliphatic hydroxyl groups excluding tert-OH is 2. The molecule has 0 saturated carbocycles. The lowest BCUT2D eigenvalue weighted by molar-refractivity contribution is -0.123. The first kappa shape index (κ1) is 19.7. The van der Waals surface area contributed by atoms with Gasteiger partial charge in [0.2, 0.25) is 0 Å². The van der Waals surface area contributed by atoms with Crippen molar-refractivity contribution in [1.29, 1.82) is 0 Å². The molecule has 0 radical (unpaired) electrons. The lowest BCUT2D eigenvalue weighted by Gasteiger charge is -2.18. The second-order valence-corrected chi connectivity index (χ2v) is 5.69. The standard InChI is InChI=1S/C19H22FNO5/c1-12(16-5-3-4-6-17(16)25-2)21-18(24)11-26-19-13(9-22)7-15(20)8-14(19)10-23/h3-8,12,22-23H,9-11H2,1-2H3,(H,21,24)/t12-/m0/s1. The van der Waals surface area contributed by atoms with Gasteiger partial charge in [-0.1, -0.05) is 18.2 Å². The SMILES string of the molecule is COc1ccccc1[C@H](C)NC(=O)COc1c(CO)cc(F)cc1CO. The highest BCUT2D eigenvalue weighted by Gasteiger charge is 2.16. The molecule has 6 nitrogen and oxygen atoms in total. The van der Waals surface area contributed by atoms with Crippen LogP contribution in [0.15, 0.2) is 36.4 Å². The molecule has 0 aliphatic rings. The summed E-state index contributed by atoms with van der Waals surface area (Å²) in [5.41, 5.74) is 1.15. The van der Waals surface area contributed by atoms with Crippen LogP contribution in [0, 0.1) is 5.82 Å². The van der Waals surface area contributed by atoms with Crippen molar-refractivity contribution in [3.8, 4) is 11.5 Å². The fourth-order valence-electron chi connectivity index (χ4n) is 2.65. The topological polar surface area (TPSA) is 88.0 Å². The van der Waals surface area contributed by atoms with Crippen LogP contribution in [0.5, 0.6) is 11.5 Å². The fourth-order valence-corrected chi connectivity index (χ4v) is 2.65. The number of carbonyl (C=O) groups is 1. The number of nitrogens with one attached hydrogen (secondary N) is 1. The van der Waals surface area contributed by atoms with Crippen LogP contribution in [-0.4, -0.2) is 29.8 Å². The van der Waals surface area contributed by atoms with Gasteiger partial charge in [0.05, 0.1) is 26.4 Å². The molecule has 2 aromatic rings. The van der Waals surface area contributed by atoms with E-state index >= 15 is 0 Å². The zero-order valence-electron chi connectivity index (χ0n) is 14.7. The Morgan fingerprint density at radius 3 is 2.38 bits per heavy atom. The van der Waals surface area contributed by atoms with Gasteiger partial charge in [-0.05, 0) is 25.1 Å². The number of carbonyl (C=O) groups excluding carboxylic acids is 1. The molecule has 0 aliphatic carbocycles. The zero-order valence-corrected chi connectivity index (χ0v) is 14.7. The first-order valence-electron chi connectivity index (χ1n) is 8.08. The van der Waals surface area contributed by atoms with Crippen molar-refractivity contribution in [2.75, 3.05) is 13.7 Å². The van der Waals surface area contributed by atoms with Crippen molar-refractivity contribution < 1.29 is 28.9 Å². The second kappa shape index (κ2) is 9.17. The summed E-state index contributed by atoms with van der Waals surface area (Å²) >= 11 is 0. The van der Waals surface area contributed by atoms with E-state index in [2.05, 4.69) is 5.32 Å². The van der Waals surface area contributed by atoms with Crippen LogP contribution in [0.1, 0.15) is 29.7 Å². The Hall–Kier alpha value is -2.64. The summed E-state index contributed by atoms with van der Waals surface area (Å²) in [5, 5.41) is 21.5. The van der Waals surface area contributed by atoms with E-state index in [1.54, 1.807) is 13.2 Å². The average molecular weight is 363 g/mol. The van der Waals surface area contributed by atoms with Crippen LogP contribution in [0.4, 0.5) is 4.39 Å². The Morgan fingerprint density at radius 2 is 1.81 bits per heavy atom. The highest BCUT2D eigenvalue weighted by molar-refractivity contribution is 5.78. The molecule has 0 bridgehead atoms. The third-order valence-electron chi connectivity index (χ3n) is 3.88. The van der Waals surface area contributed by atoms with E-state index in [1.165, 1.54) is 0 Å². The minimum absolute atomic E-state index is 0.108. The lowest BCUT2D eigenvalue weighted by atomic mass is 10.1. The summed E-state index contributed by atoms with van der Waals surface area (Å²) in [6.07, 6.45) is 0. The van der Waals surface area contributed by atoms with E-state index in [0.29, 0.717) is 5.75 Å². The summed E-state index contributed by atoms with van der Waals surface area (Å²) in [7, 11) is 1.55. The molecule has 26 heavy (non-hydrogen) atoms. The molecular formula is C19H22FNO5. The first-order valence-corrected chi connectivity index (χ1v) is 8.08. The Kier molecular flexibility index (Phi) is 6.94. The highest BCUT2D eigenvalue weighted by Crippen LogP contribution is 2.27. The summed E-state index contributed by atoms with van der Waals surface area (Å²) in [4.78, 5) is 12.2. The number of rotatable bonds is 8. The maximum Gasteiger partial charge on any atom is 0.258 e. The van der Waals surface area contributed by atoms with Crippen LogP contribution < -0.4 is 14.8 Å². The number of methoxy groups -OCH3 is 1. The molecule has 3 N–H and O–H groups in total. The molecule has 140 valence electrons. The first-order chi connectivity index (χ1) is 12.5. The summed E-state index contributed by atoms with van der Waals surface area (Å²) in [5.74, 6) is -0.235. The molecule has 0 heterocycles. The Labute approximate surface area is 151 Å². The van der Waals surface area contributed by atoms with E-state index in [-0.39, 0.29) is 29.5 Å². The van der Waals surface area contributed by atoms with E-state index < -0.39 is 24.9 Å². The third kappa shape index (κ3) is 4.71. The second-order valence-electron chi connectivity index (χ2n) is 5.69. The van der Waals surface area contributed by atoms with Crippen LogP contribution in [-0.2, 0) is 18.0 Å². The fraction of sp³-hybridized carbons (Fsp3) is 0.316. The quantitative estimate of drug-likeness (QED) is 0.668. The smallest absolute Gasteiger partial charge is 0.258 e. The van der Waals surface area contributed by atoms with Gasteiger partial charge in [0, 0.05) is 16.7 Å². The molecular weight excluding hydrogens is 341 g/mol. The minimum atomic E-state index is -0.598. The number of amides is 1. The molecule has 0 aliphatic heterocycles. The van der Waals surface area contributed by atoms with Crippen molar-refractivity contribution in [3.05, 3.63) is 58.9 Å². The molecule has 7 heteroatoms. The van der Waals surface area contributed by atoms with Crippen LogP contribution in [0.2, 0.25) is 0 Å². The number of hydrogen-bond donors (Lipinski definition) is 3. The number of hydrogen-bond acceptors (Lipinski definition) is 5. The van der Waals surface area contributed by atoms with Gasteiger partial charge in [-0.15, -0.1) is 0 Å². The Balaban J connectivity index is 2.05. The van der Waals surface area contributed by atoms with Gasteiger partial charge < -0.3 is 25.0 Å². The molecule has 1 atom stereocenters. The highest BCUT2D eigenvalue weighted by atomic mass is 19.1. The molecule has 0 fully saturated rings. The van der Waals surface area contributed by atoms with Gasteiger partial charge in [0.25, 0.3) is 5.91 Å². The van der Waals surface area contributed by atoms with Crippen LogP contribution in [0.25, 0.3) is 0 Å². The maximum absolute atomic E-state index is 13.4. The minimum Gasteiger partial charge on any atom is -0.496 e. The Bertz CT molecular complexity index is 740. The van der Waals surface area contributed by atoms with Crippen molar-refractivity contribution in [2.45, 2.75) is 26.2 Å². The predicted molar refractivity (Wildman–Crippen MR) is 93.3 cm³/mol. The molecule has 0 unspecified atom stereocenters. The molecule has 2 aromatic carbocycles.